The van der Waals surface area contributed by atoms with Crippen molar-refractivity contribution >= 4 is 17.8 Å². The maximum Gasteiger partial charge on any atom is 0.495 e. The van der Waals surface area contributed by atoms with Crippen molar-refractivity contribution in [3.05, 3.63) is 64.4 Å². The van der Waals surface area contributed by atoms with E-state index < -0.39 is 30.5 Å². The molecule has 0 saturated carbocycles. The third kappa shape index (κ3) is 6.88. The minimum atomic E-state index is -5.29. The van der Waals surface area contributed by atoms with Gasteiger partial charge in [-0.2, -0.15) is 18.2 Å². The largest absolute Gasteiger partial charge is 0.495 e. The number of aromatic nitrogens is 3. The molecule has 1 N–H and O–H groups in total. The lowest BCUT2D eigenvalue weighted by Gasteiger charge is -2.17. The Bertz CT molecular complexity index is 1380. The lowest BCUT2D eigenvalue weighted by Crippen LogP contribution is -2.27. The van der Waals surface area contributed by atoms with E-state index in [1.54, 1.807) is 12.1 Å². The molecule has 212 valence electrons. The SMILES string of the molecule is O=C(CC(Cc1nc(CCCc2ccc3c(n2)NCCC3)no1)c1ccc2c(c1)OCC2)OOC(=O)C(F)(F)F. The molecule has 0 saturated heterocycles. The number of carbonyl (C=O) groups excluding carboxylic acids is 2. The van der Waals surface area contributed by atoms with Gasteiger partial charge in [0.05, 0.1) is 13.0 Å². The van der Waals surface area contributed by atoms with Crippen molar-refractivity contribution in [3.8, 4) is 5.75 Å². The van der Waals surface area contributed by atoms with Crippen LogP contribution in [-0.2, 0) is 51.5 Å². The summed E-state index contributed by atoms with van der Waals surface area (Å²) in [5.41, 5.74) is 3.87. The van der Waals surface area contributed by atoms with Gasteiger partial charge in [-0.25, -0.2) is 24.3 Å². The second kappa shape index (κ2) is 11.9. The fourth-order valence-corrected chi connectivity index (χ4v) is 4.73. The van der Waals surface area contributed by atoms with Gasteiger partial charge in [-0.1, -0.05) is 23.4 Å². The van der Waals surface area contributed by atoms with Gasteiger partial charge in [0.2, 0.25) is 5.89 Å². The molecular formula is C27H27F3N4O6. The predicted octanol–water partition coefficient (Wildman–Crippen LogP) is 4.21. The number of halogens is 3. The third-order valence-corrected chi connectivity index (χ3v) is 6.76. The molecule has 4 heterocycles. The lowest BCUT2D eigenvalue weighted by atomic mass is 9.91. The minimum absolute atomic E-state index is 0.103. The number of fused-ring (bicyclic) bond motifs is 2. The van der Waals surface area contributed by atoms with Gasteiger partial charge in [-0.05, 0) is 54.5 Å². The Morgan fingerprint density at radius 2 is 1.90 bits per heavy atom. The number of nitrogens with one attached hydrogen (secondary N) is 1. The molecule has 10 nitrogen and oxygen atoms in total. The highest BCUT2D eigenvalue weighted by Gasteiger charge is 2.43. The number of rotatable bonds is 9. The first-order chi connectivity index (χ1) is 19.2. The Kier molecular flexibility index (Phi) is 8.17. The number of ether oxygens (including phenoxy) is 1. The maximum atomic E-state index is 12.4. The quantitative estimate of drug-likeness (QED) is 0.300. The van der Waals surface area contributed by atoms with Crippen molar-refractivity contribution in [1.29, 1.82) is 0 Å². The standard InChI is InChI=1S/C27H27F3N4O6/c28-27(29,30)26(36)40-39-24(35)15-19(18-7-6-16-10-12-37-21(16)13-18)14-23-33-22(34-38-23)5-1-4-20-9-8-17-3-2-11-31-25(17)32-20/h6-9,13,19H,1-5,10-12,14-15H2,(H,31,32). The number of nitrogens with zero attached hydrogens (tertiary/aromatic N) is 3. The summed E-state index contributed by atoms with van der Waals surface area (Å²) in [6.45, 7) is 1.45. The van der Waals surface area contributed by atoms with E-state index in [0.29, 0.717) is 30.2 Å². The van der Waals surface area contributed by atoms with Gasteiger partial charge < -0.3 is 14.6 Å². The smallest absolute Gasteiger partial charge is 0.493 e. The Morgan fingerprint density at radius 1 is 1.05 bits per heavy atom. The molecule has 1 aromatic carbocycles. The summed E-state index contributed by atoms with van der Waals surface area (Å²) in [6, 6.07) is 9.56. The normalized spacial score (nSPS) is 14.9. The first kappa shape index (κ1) is 27.4. The molecule has 0 amide bonds. The van der Waals surface area contributed by atoms with Crippen LogP contribution >= 0.6 is 0 Å². The molecule has 0 radical (unpaired) electrons. The first-order valence-corrected chi connectivity index (χ1v) is 13.0. The highest BCUT2D eigenvalue weighted by Crippen LogP contribution is 2.32. The molecule has 0 spiro atoms. The van der Waals surface area contributed by atoms with Crippen LogP contribution in [0.4, 0.5) is 19.0 Å². The van der Waals surface area contributed by atoms with Crippen LogP contribution in [0.1, 0.15) is 59.3 Å². The Hall–Kier alpha value is -4.16. The monoisotopic (exact) mass is 560 g/mol. The van der Waals surface area contributed by atoms with Gasteiger partial charge in [-0.3, -0.25) is 0 Å². The van der Waals surface area contributed by atoms with E-state index in [9.17, 15) is 22.8 Å². The van der Waals surface area contributed by atoms with Crippen molar-refractivity contribution in [1.82, 2.24) is 15.1 Å². The number of anilines is 1. The van der Waals surface area contributed by atoms with Crippen molar-refractivity contribution in [2.75, 3.05) is 18.5 Å². The minimum Gasteiger partial charge on any atom is -0.493 e. The van der Waals surface area contributed by atoms with Crippen LogP contribution in [0.3, 0.4) is 0 Å². The predicted molar refractivity (Wildman–Crippen MR) is 132 cm³/mol. The van der Waals surface area contributed by atoms with Gasteiger partial charge in [0.15, 0.2) is 5.82 Å². The number of hydrogen-bond donors (Lipinski definition) is 1. The molecule has 0 bridgehead atoms. The summed E-state index contributed by atoms with van der Waals surface area (Å²) in [5, 5.41) is 7.36. The zero-order valence-electron chi connectivity index (χ0n) is 21.5. The van der Waals surface area contributed by atoms with Crippen LogP contribution in [0, 0.1) is 0 Å². The first-order valence-electron chi connectivity index (χ1n) is 13.0. The number of benzene rings is 1. The van der Waals surface area contributed by atoms with Crippen molar-refractivity contribution < 1.29 is 41.8 Å². The summed E-state index contributed by atoms with van der Waals surface area (Å²) < 4.78 is 48.2. The molecule has 5 rings (SSSR count). The highest BCUT2D eigenvalue weighted by molar-refractivity contribution is 5.77. The molecule has 40 heavy (non-hydrogen) atoms. The van der Waals surface area contributed by atoms with Crippen LogP contribution in [0.5, 0.6) is 5.75 Å². The molecule has 0 fully saturated rings. The van der Waals surface area contributed by atoms with E-state index in [0.717, 1.165) is 55.7 Å². The molecule has 1 unspecified atom stereocenters. The average Bonchev–Trinajstić information content (AvgIpc) is 3.59. The number of hydrogen-bond acceptors (Lipinski definition) is 10. The second-order valence-corrected chi connectivity index (χ2v) is 9.69. The van der Waals surface area contributed by atoms with E-state index in [-0.39, 0.29) is 12.3 Å². The summed E-state index contributed by atoms with van der Waals surface area (Å²) in [4.78, 5) is 40.1. The van der Waals surface area contributed by atoms with Crippen LogP contribution < -0.4 is 10.1 Å². The summed E-state index contributed by atoms with van der Waals surface area (Å²) >= 11 is 0. The number of carbonyl (C=O) groups is 2. The van der Waals surface area contributed by atoms with Crippen molar-refractivity contribution in [2.45, 2.75) is 63.5 Å². The molecular weight excluding hydrogens is 533 g/mol. The fraction of sp³-hybridized carbons (Fsp3) is 0.444. The van der Waals surface area contributed by atoms with Crippen molar-refractivity contribution in [2.24, 2.45) is 0 Å². The zero-order valence-corrected chi connectivity index (χ0v) is 21.5. The van der Waals surface area contributed by atoms with Gasteiger partial charge in [0.25, 0.3) is 0 Å². The molecule has 0 aliphatic carbocycles. The van der Waals surface area contributed by atoms with Gasteiger partial charge in [0.1, 0.15) is 11.6 Å². The van der Waals surface area contributed by atoms with Crippen LogP contribution in [-0.4, -0.2) is 46.4 Å². The second-order valence-electron chi connectivity index (χ2n) is 9.69. The Balaban J connectivity index is 1.21. The number of alkyl halides is 3. The zero-order chi connectivity index (χ0) is 28.1. The molecule has 2 aliphatic heterocycles. The molecule has 13 heteroatoms. The molecule has 2 aromatic heterocycles. The van der Waals surface area contributed by atoms with E-state index in [1.807, 2.05) is 12.1 Å². The molecule has 3 aromatic rings. The van der Waals surface area contributed by atoms with Crippen molar-refractivity contribution in [3.63, 3.8) is 0 Å². The van der Waals surface area contributed by atoms with Gasteiger partial charge in [-0.15, -0.1) is 0 Å². The van der Waals surface area contributed by atoms with E-state index in [1.165, 1.54) is 5.56 Å². The molecule has 2 aliphatic rings. The highest BCUT2D eigenvalue weighted by atomic mass is 19.4. The third-order valence-electron chi connectivity index (χ3n) is 6.76. The van der Waals surface area contributed by atoms with Crippen LogP contribution in [0.15, 0.2) is 34.9 Å². The van der Waals surface area contributed by atoms with E-state index in [2.05, 4.69) is 31.3 Å². The van der Waals surface area contributed by atoms with E-state index in [4.69, 9.17) is 14.2 Å². The summed E-state index contributed by atoms with van der Waals surface area (Å²) in [5.74, 6) is -2.05. The van der Waals surface area contributed by atoms with E-state index >= 15 is 0 Å². The van der Waals surface area contributed by atoms with Crippen LogP contribution in [0.25, 0.3) is 0 Å². The lowest BCUT2D eigenvalue weighted by molar-refractivity contribution is -0.286. The average molecular weight is 561 g/mol. The summed E-state index contributed by atoms with van der Waals surface area (Å²) in [7, 11) is 0. The van der Waals surface area contributed by atoms with Gasteiger partial charge >= 0.3 is 18.1 Å². The maximum absolute atomic E-state index is 12.4. The fourth-order valence-electron chi connectivity index (χ4n) is 4.73. The Labute approximate surface area is 227 Å². The number of pyridine rings is 1. The van der Waals surface area contributed by atoms with Crippen LogP contribution in [0.2, 0.25) is 0 Å². The Morgan fingerprint density at radius 3 is 2.75 bits per heavy atom. The number of aryl methyl sites for hydroxylation is 3. The topological polar surface area (TPSA) is 126 Å². The van der Waals surface area contributed by atoms with Gasteiger partial charge in [0, 0.05) is 37.4 Å². The summed E-state index contributed by atoms with van der Waals surface area (Å²) in [6.07, 6.45) is -0.690. The molecule has 1 atom stereocenters.